The summed E-state index contributed by atoms with van der Waals surface area (Å²) >= 11 is 0. The van der Waals surface area contributed by atoms with Gasteiger partial charge in [0.15, 0.2) is 6.10 Å². The second-order valence-corrected chi connectivity index (χ2v) is 8.00. The Kier molecular flexibility index (Phi) is 4.12. The Hall–Kier alpha value is -3.21. The first-order valence-electron chi connectivity index (χ1n) is 9.96. The number of hydrogen-bond acceptors (Lipinski definition) is 4. The third kappa shape index (κ3) is 2.80. The summed E-state index contributed by atoms with van der Waals surface area (Å²) in [6.07, 6.45) is 4.38. The van der Waals surface area contributed by atoms with Crippen molar-refractivity contribution in [3.05, 3.63) is 72.3 Å². The number of ketones is 1. The van der Waals surface area contributed by atoms with Crippen LogP contribution in [0.3, 0.4) is 0 Å². The van der Waals surface area contributed by atoms with Gasteiger partial charge in [0.2, 0.25) is 17.6 Å². The van der Waals surface area contributed by atoms with Gasteiger partial charge < -0.3 is 4.74 Å². The fraction of sp³-hybridized carbons (Fsp3) is 0.292. The van der Waals surface area contributed by atoms with Gasteiger partial charge in [-0.15, -0.1) is 0 Å². The SMILES string of the molecule is C[C@H](Oc1cccc(N2C(=O)[C@@H]3[C@@H](C2=O)[C@H]2C=C[C@H]3C2)c1)C(=O)c1ccccc1. The molecule has 3 aliphatic rings. The van der Waals surface area contributed by atoms with Gasteiger partial charge in [0, 0.05) is 11.6 Å². The van der Waals surface area contributed by atoms with Crippen LogP contribution in [-0.4, -0.2) is 23.7 Å². The molecule has 146 valence electrons. The van der Waals surface area contributed by atoms with Crippen molar-refractivity contribution in [3.63, 3.8) is 0 Å². The molecule has 5 heteroatoms. The number of ether oxygens (including phenoxy) is 1. The van der Waals surface area contributed by atoms with Gasteiger partial charge in [0.25, 0.3) is 0 Å². The number of rotatable bonds is 5. The summed E-state index contributed by atoms with van der Waals surface area (Å²) in [5.74, 6) is -0.0329. The summed E-state index contributed by atoms with van der Waals surface area (Å²) in [5, 5.41) is 0. The number of anilines is 1. The van der Waals surface area contributed by atoms with Crippen LogP contribution in [0.2, 0.25) is 0 Å². The molecular weight excluding hydrogens is 366 g/mol. The Labute approximate surface area is 169 Å². The highest BCUT2D eigenvalue weighted by atomic mass is 16.5. The molecule has 0 N–H and O–H groups in total. The summed E-state index contributed by atoms with van der Waals surface area (Å²) in [5.41, 5.74) is 1.09. The molecule has 0 unspecified atom stereocenters. The fourth-order valence-corrected chi connectivity index (χ4v) is 4.95. The molecule has 2 fully saturated rings. The third-order valence-electron chi connectivity index (χ3n) is 6.29. The van der Waals surface area contributed by atoms with Gasteiger partial charge in [0.05, 0.1) is 17.5 Å². The lowest BCUT2D eigenvalue weighted by molar-refractivity contribution is -0.123. The molecule has 5 nitrogen and oxygen atoms in total. The van der Waals surface area contributed by atoms with Crippen LogP contribution >= 0.6 is 0 Å². The first kappa shape index (κ1) is 17.9. The zero-order valence-electron chi connectivity index (χ0n) is 16.0. The van der Waals surface area contributed by atoms with Gasteiger partial charge in [0.1, 0.15) is 5.75 Å². The molecule has 0 spiro atoms. The number of fused-ring (bicyclic) bond motifs is 5. The minimum absolute atomic E-state index is 0.123. The van der Waals surface area contributed by atoms with E-state index in [0.717, 1.165) is 6.42 Å². The number of hydrogen-bond donors (Lipinski definition) is 0. The number of allylic oxidation sites excluding steroid dienone is 2. The van der Waals surface area contributed by atoms with Crippen LogP contribution in [0.4, 0.5) is 5.69 Å². The largest absolute Gasteiger partial charge is 0.482 e. The molecule has 2 bridgehead atoms. The molecule has 1 heterocycles. The summed E-state index contributed by atoms with van der Waals surface area (Å²) < 4.78 is 5.84. The van der Waals surface area contributed by atoms with Crippen LogP contribution in [-0.2, 0) is 9.59 Å². The van der Waals surface area contributed by atoms with E-state index in [-0.39, 0.29) is 41.3 Å². The van der Waals surface area contributed by atoms with Crippen molar-refractivity contribution in [2.75, 3.05) is 4.90 Å². The highest BCUT2D eigenvalue weighted by molar-refractivity contribution is 6.22. The van der Waals surface area contributed by atoms with E-state index in [1.54, 1.807) is 43.3 Å². The highest BCUT2D eigenvalue weighted by Crippen LogP contribution is 2.53. The van der Waals surface area contributed by atoms with Gasteiger partial charge in [-0.3, -0.25) is 14.4 Å². The Balaban J connectivity index is 1.36. The second-order valence-electron chi connectivity index (χ2n) is 8.00. The van der Waals surface area contributed by atoms with Crippen LogP contribution in [0.5, 0.6) is 5.75 Å². The van der Waals surface area contributed by atoms with E-state index < -0.39 is 6.10 Å². The molecule has 2 aromatic carbocycles. The molecule has 1 saturated heterocycles. The van der Waals surface area contributed by atoms with E-state index in [9.17, 15) is 14.4 Å². The summed E-state index contributed by atoms with van der Waals surface area (Å²) in [7, 11) is 0. The molecule has 29 heavy (non-hydrogen) atoms. The average molecular weight is 387 g/mol. The number of imide groups is 1. The second kappa shape index (κ2) is 6.69. The zero-order chi connectivity index (χ0) is 20.1. The van der Waals surface area contributed by atoms with Crippen LogP contribution in [0.15, 0.2) is 66.7 Å². The van der Waals surface area contributed by atoms with Gasteiger partial charge >= 0.3 is 0 Å². The van der Waals surface area contributed by atoms with E-state index in [2.05, 4.69) is 12.2 Å². The lowest BCUT2D eigenvalue weighted by Gasteiger charge is -2.19. The standard InChI is InChI=1S/C24H21NO4/c1-14(22(26)15-6-3-2-4-7-15)29-19-9-5-8-18(13-19)25-23(27)20-16-10-11-17(12-16)21(20)24(25)28/h2-11,13-14,16-17,20-21H,12H2,1H3/t14-,16-,17-,20-,21-/m0/s1. The van der Waals surface area contributed by atoms with Crippen LogP contribution in [0.25, 0.3) is 0 Å². The van der Waals surface area contributed by atoms with E-state index >= 15 is 0 Å². The van der Waals surface area contributed by atoms with Crippen molar-refractivity contribution in [2.45, 2.75) is 19.4 Å². The topological polar surface area (TPSA) is 63.7 Å². The summed E-state index contributed by atoms with van der Waals surface area (Å²) in [6, 6.07) is 15.9. The van der Waals surface area contributed by atoms with Crippen molar-refractivity contribution in [1.29, 1.82) is 0 Å². The lowest BCUT2D eigenvalue weighted by Crippen LogP contribution is -2.33. The number of benzene rings is 2. The molecule has 0 aromatic heterocycles. The van der Waals surface area contributed by atoms with Crippen molar-refractivity contribution in [2.24, 2.45) is 23.7 Å². The van der Waals surface area contributed by atoms with Crippen molar-refractivity contribution >= 4 is 23.3 Å². The van der Waals surface area contributed by atoms with Crippen LogP contribution in [0, 0.1) is 23.7 Å². The average Bonchev–Trinajstić information content (AvgIpc) is 3.42. The molecular formula is C24H21NO4. The van der Waals surface area contributed by atoms with Crippen molar-refractivity contribution in [3.8, 4) is 5.75 Å². The van der Waals surface area contributed by atoms with Crippen molar-refractivity contribution < 1.29 is 19.1 Å². The normalized spacial score (nSPS) is 28.0. The minimum atomic E-state index is -0.683. The summed E-state index contributed by atoms with van der Waals surface area (Å²) in [6.45, 7) is 1.70. The monoisotopic (exact) mass is 387 g/mol. The molecule has 1 aliphatic heterocycles. The lowest BCUT2D eigenvalue weighted by atomic mass is 9.85. The molecule has 5 atom stereocenters. The number of Topliss-reactive ketones (excluding diaryl/α,β-unsaturated/α-hetero) is 1. The fourth-order valence-electron chi connectivity index (χ4n) is 4.95. The maximum Gasteiger partial charge on any atom is 0.238 e. The van der Waals surface area contributed by atoms with Gasteiger partial charge in [-0.25, -0.2) is 4.90 Å². The molecule has 1 saturated carbocycles. The van der Waals surface area contributed by atoms with Gasteiger partial charge in [-0.05, 0) is 37.3 Å². The predicted molar refractivity (Wildman–Crippen MR) is 108 cm³/mol. The van der Waals surface area contributed by atoms with Crippen molar-refractivity contribution in [1.82, 2.24) is 0 Å². The van der Waals surface area contributed by atoms with E-state index in [1.165, 1.54) is 4.90 Å². The Bertz CT molecular complexity index is 998. The smallest absolute Gasteiger partial charge is 0.238 e. The molecule has 0 radical (unpaired) electrons. The van der Waals surface area contributed by atoms with E-state index in [4.69, 9.17) is 4.74 Å². The summed E-state index contributed by atoms with van der Waals surface area (Å²) in [4.78, 5) is 39.8. The van der Waals surface area contributed by atoms with E-state index in [1.807, 2.05) is 18.2 Å². The van der Waals surface area contributed by atoms with Gasteiger partial charge in [-0.1, -0.05) is 48.6 Å². The quantitative estimate of drug-likeness (QED) is 0.446. The van der Waals surface area contributed by atoms with Gasteiger partial charge in [-0.2, -0.15) is 0 Å². The number of nitrogens with zero attached hydrogens (tertiary/aromatic N) is 1. The molecule has 2 aromatic rings. The molecule has 2 amide bonds. The maximum absolute atomic E-state index is 13.0. The highest BCUT2D eigenvalue weighted by Gasteiger charge is 2.59. The first-order chi connectivity index (χ1) is 14.0. The molecule has 2 aliphatic carbocycles. The zero-order valence-corrected chi connectivity index (χ0v) is 16.0. The van der Waals surface area contributed by atoms with Crippen LogP contribution in [0.1, 0.15) is 23.7 Å². The van der Waals surface area contributed by atoms with E-state index in [0.29, 0.717) is 17.0 Å². The predicted octanol–water partition coefficient (Wildman–Crippen LogP) is 3.65. The Morgan fingerprint density at radius 1 is 0.966 bits per heavy atom. The molecule has 5 rings (SSSR count). The minimum Gasteiger partial charge on any atom is -0.482 e. The maximum atomic E-state index is 13.0. The number of carbonyl (C=O) groups excluding carboxylic acids is 3. The number of carbonyl (C=O) groups is 3. The third-order valence-corrected chi connectivity index (χ3v) is 6.29. The Morgan fingerprint density at radius 2 is 1.62 bits per heavy atom. The number of amides is 2. The first-order valence-corrected chi connectivity index (χ1v) is 9.96. The van der Waals surface area contributed by atoms with Crippen LogP contribution < -0.4 is 9.64 Å². The Morgan fingerprint density at radius 3 is 2.28 bits per heavy atom.